The molecule has 5 aromatic carbocycles. The van der Waals surface area contributed by atoms with Gasteiger partial charge in [-0.3, -0.25) is 0 Å². The Morgan fingerprint density at radius 2 is 0.949 bits per heavy atom. The molecule has 7 rings (SSSR count). The first-order valence-electron chi connectivity index (χ1n) is 13.3. The van der Waals surface area contributed by atoms with Crippen LogP contribution in [0.15, 0.2) is 127 Å². The van der Waals surface area contributed by atoms with E-state index in [1.54, 1.807) is 0 Å². The van der Waals surface area contributed by atoms with Gasteiger partial charge in [-0.25, -0.2) is 15.0 Å². The van der Waals surface area contributed by atoms with Crippen molar-refractivity contribution in [3.05, 3.63) is 127 Å². The van der Waals surface area contributed by atoms with Crippen LogP contribution in [0.5, 0.6) is 0 Å². The standard InChI is InChI=1S/C35H26N4/c1-2-39-31-19-10-9-16-29(31)30-18-11-17-28(32(30)39)24-20-22-27(23-21-24)35-37-33(25-12-5-3-6-13-25)36-34(38-35)26-14-7-4-8-15-26/h3-23H,2H2,1H3. The summed E-state index contributed by atoms with van der Waals surface area (Å²) in [5.41, 5.74) is 7.82. The highest BCUT2D eigenvalue weighted by Gasteiger charge is 2.15. The van der Waals surface area contributed by atoms with Crippen molar-refractivity contribution in [2.45, 2.75) is 13.5 Å². The molecule has 0 N–H and O–H groups in total. The smallest absolute Gasteiger partial charge is 0.164 e. The molecule has 0 fully saturated rings. The Kier molecular flexibility index (Phi) is 5.71. The number of rotatable bonds is 5. The maximum Gasteiger partial charge on any atom is 0.164 e. The highest BCUT2D eigenvalue weighted by Crippen LogP contribution is 2.36. The lowest BCUT2D eigenvalue weighted by molar-refractivity contribution is 0.828. The Labute approximate surface area is 227 Å². The number of benzene rings is 5. The van der Waals surface area contributed by atoms with E-state index in [0.717, 1.165) is 23.2 Å². The fraction of sp³-hybridized carbons (Fsp3) is 0.0571. The molecule has 7 aromatic rings. The number of fused-ring (bicyclic) bond motifs is 3. The number of hydrogen-bond donors (Lipinski definition) is 0. The highest BCUT2D eigenvalue weighted by molar-refractivity contribution is 6.12. The Morgan fingerprint density at radius 3 is 1.54 bits per heavy atom. The molecule has 0 spiro atoms. The van der Waals surface area contributed by atoms with Crippen LogP contribution >= 0.6 is 0 Å². The van der Waals surface area contributed by atoms with Crippen LogP contribution < -0.4 is 0 Å². The summed E-state index contributed by atoms with van der Waals surface area (Å²) in [7, 11) is 0. The molecule has 0 aliphatic carbocycles. The minimum atomic E-state index is 0.662. The molecule has 0 atom stereocenters. The first-order valence-corrected chi connectivity index (χ1v) is 13.3. The minimum absolute atomic E-state index is 0.662. The second-order valence-corrected chi connectivity index (χ2v) is 9.58. The van der Waals surface area contributed by atoms with Crippen molar-refractivity contribution in [3.8, 4) is 45.3 Å². The predicted octanol–water partition coefficient (Wildman–Crippen LogP) is 8.67. The first-order chi connectivity index (χ1) is 19.3. The Hall–Kier alpha value is -5.09. The van der Waals surface area contributed by atoms with Crippen molar-refractivity contribution in [2.75, 3.05) is 0 Å². The zero-order chi connectivity index (χ0) is 26.2. The zero-order valence-corrected chi connectivity index (χ0v) is 21.6. The summed E-state index contributed by atoms with van der Waals surface area (Å²) in [5, 5.41) is 2.58. The molecule has 0 radical (unpaired) electrons. The molecule has 0 saturated heterocycles. The summed E-state index contributed by atoms with van der Waals surface area (Å²) < 4.78 is 2.41. The topological polar surface area (TPSA) is 43.6 Å². The molecule has 4 heteroatoms. The second-order valence-electron chi connectivity index (χ2n) is 9.58. The van der Waals surface area contributed by atoms with Crippen molar-refractivity contribution in [1.82, 2.24) is 19.5 Å². The third-order valence-electron chi connectivity index (χ3n) is 7.26. The third kappa shape index (κ3) is 4.07. The van der Waals surface area contributed by atoms with Gasteiger partial charge in [-0.2, -0.15) is 0 Å². The summed E-state index contributed by atoms with van der Waals surface area (Å²) in [6.07, 6.45) is 0. The molecular formula is C35H26N4. The van der Waals surface area contributed by atoms with Crippen LogP contribution in [0.25, 0.3) is 67.1 Å². The van der Waals surface area contributed by atoms with Gasteiger partial charge >= 0.3 is 0 Å². The largest absolute Gasteiger partial charge is 0.340 e. The molecule has 2 heterocycles. The van der Waals surface area contributed by atoms with Gasteiger partial charge in [-0.15, -0.1) is 0 Å². The number of para-hydroxylation sites is 2. The Bertz CT molecular complexity index is 1860. The average Bonchev–Trinajstić information content (AvgIpc) is 3.36. The van der Waals surface area contributed by atoms with Crippen molar-refractivity contribution < 1.29 is 0 Å². The van der Waals surface area contributed by atoms with Gasteiger partial charge in [0, 0.05) is 45.1 Å². The molecule has 2 aromatic heterocycles. The van der Waals surface area contributed by atoms with E-state index in [9.17, 15) is 0 Å². The van der Waals surface area contributed by atoms with E-state index in [-0.39, 0.29) is 0 Å². The van der Waals surface area contributed by atoms with Gasteiger partial charge in [-0.1, -0.05) is 121 Å². The van der Waals surface area contributed by atoms with Crippen LogP contribution in [0.4, 0.5) is 0 Å². The van der Waals surface area contributed by atoms with Crippen molar-refractivity contribution in [3.63, 3.8) is 0 Å². The van der Waals surface area contributed by atoms with Crippen LogP contribution in [0, 0.1) is 0 Å². The summed E-state index contributed by atoms with van der Waals surface area (Å²) >= 11 is 0. The predicted molar refractivity (Wildman–Crippen MR) is 160 cm³/mol. The van der Waals surface area contributed by atoms with E-state index < -0.39 is 0 Å². The summed E-state index contributed by atoms with van der Waals surface area (Å²) in [6, 6.07) is 44.0. The van der Waals surface area contributed by atoms with Gasteiger partial charge in [-0.05, 0) is 18.6 Å². The normalized spacial score (nSPS) is 11.3. The maximum absolute atomic E-state index is 4.88. The third-order valence-corrected chi connectivity index (χ3v) is 7.26. The fourth-order valence-corrected chi connectivity index (χ4v) is 5.41. The lowest BCUT2D eigenvalue weighted by Crippen LogP contribution is -2.00. The lowest BCUT2D eigenvalue weighted by Gasteiger charge is -2.11. The number of aromatic nitrogens is 4. The van der Waals surface area contributed by atoms with Crippen LogP contribution in [-0.4, -0.2) is 19.5 Å². The van der Waals surface area contributed by atoms with Gasteiger partial charge in [0.15, 0.2) is 17.5 Å². The van der Waals surface area contributed by atoms with E-state index in [2.05, 4.69) is 78.2 Å². The molecule has 0 amide bonds. The molecule has 0 unspecified atom stereocenters. The molecule has 186 valence electrons. The van der Waals surface area contributed by atoms with E-state index in [0.29, 0.717) is 17.5 Å². The van der Waals surface area contributed by atoms with Crippen LogP contribution in [0.2, 0.25) is 0 Å². The number of hydrogen-bond acceptors (Lipinski definition) is 3. The van der Waals surface area contributed by atoms with Crippen LogP contribution in [0.3, 0.4) is 0 Å². The average molecular weight is 503 g/mol. The second kappa shape index (κ2) is 9.66. The maximum atomic E-state index is 4.88. The van der Waals surface area contributed by atoms with E-state index in [1.165, 1.54) is 32.9 Å². The SMILES string of the molecule is CCn1c2ccccc2c2cccc(-c3ccc(-c4nc(-c5ccccc5)nc(-c5ccccc5)n4)cc3)c21. The Morgan fingerprint density at radius 1 is 0.462 bits per heavy atom. The van der Waals surface area contributed by atoms with Crippen LogP contribution in [0.1, 0.15) is 6.92 Å². The van der Waals surface area contributed by atoms with E-state index in [1.807, 2.05) is 60.7 Å². The van der Waals surface area contributed by atoms with Gasteiger partial charge in [0.25, 0.3) is 0 Å². The Balaban J connectivity index is 1.35. The summed E-state index contributed by atoms with van der Waals surface area (Å²) in [6.45, 7) is 3.12. The summed E-state index contributed by atoms with van der Waals surface area (Å²) in [5.74, 6) is 2.00. The minimum Gasteiger partial charge on any atom is -0.340 e. The van der Waals surface area contributed by atoms with Crippen LogP contribution in [-0.2, 0) is 6.54 Å². The van der Waals surface area contributed by atoms with E-state index in [4.69, 9.17) is 15.0 Å². The molecule has 0 aliphatic heterocycles. The summed E-state index contributed by atoms with van der Waals surface area (Å²) in [4.78, 5) is 14.6. The molecule has 0 saturated carbocycles. The monoisotopic (exact) mass is 502 g/mol. The highest BCUT2D eigenvalue weighted by atomic mass is 15.0. The molecule has 4 nitrogen and oxygen atoms in total. The molecule has 0 aliphatic rings. The zero-order valence-electron chi connectivity index (χ0n) is 21.6. The fourth-order valence-electron chi connectivity index (χ4n) is 5.41. The van der Waals surface area contributed by atoms with Crippen molar-refractivity contribution >= 4 is 21.8 Å². The van der Waals surface area contributed by atoms with Gasteiger partial charge < -0.3 is 4.57 Å². The molecule has 0 bridgehead atoms. The lowest BCUT2D eigenvalue weighted by atomic mass is 10.0. The molecule has 39 heavy (non-hydrogen) atoms. The van der Waals surface area contributed by atoms with E-state index >= 15 is 0 Å². The molecular weight excluding hydrogens is 476 g/mol. The quantitative estimate of drug-likeness (QED) is 0.236. The van der Waals surface area contributed by atoms with Gasteiger partial charge in [0.1, 0.15) is 0 Å². The van der Waals surface area contributed by atoms with Gasteiger partial charge in [0.05, 0.1) is 5.52 Å². The van der Waals surface area contributed by atoms with Gasteiger partial charge in [0.2, 0.25) is 0 Å². The number of aryl methyl sites for hydroxylation is 1. The van der Waals surface area contributed by atoms with Crippen molar-refractivity contribution in [2.24, 2.45) is 0 Å². The first kappa shape index (κ1) is 23.1. The van der Waals surface area contributed by atoms with Crippen molar-refractivity contribution in [1.29, 1.82) is 0 Å². The number of nitrogens with zero attached hydrogens (tertiary/aromatic N) is 4.